The van der Waals surface area contributed by atoms with Gasteiger partial charge in [0.05, 0.1) is 22.0 Å². The number of hydrogen-bond acceptors (Lipinski definition) is 5. The number of hydrogen-bond donors (Lipinski definition) is 1. The van der Waals surface area contributed by atoms with Crippen LogP contribution in [0, 0.1) is 11.3 Å². The minimum Gasteiger partial charge on any atom is -0.457 e. The lowest BCUT2D eigenvalue weighted by Crippen LogP contribution is -2.23. The summed E-state index contributed by atoms with van der Waals surface area (Å²) in [5.41, 5.74) is 2.15. The first kappa shape index (κ1) is 19.6. The number of rotatable bonds is 6. The van der Waals surface area contributed by atoms with E-state index in [0.29, 0.717) is 17.1 Å². The van der Waals surface area contributed by atoms with E-state index in [1.165, 1.54) is 12.1 Å². The molecular formula is C23H17N3O3S. The Balaban J connectivity index is 1.48. The van der Waals surface area contributed by atoms with Crippen molar-refractivity contribution in [3.05, 3.63) is 96.2 Å². The summed E-state index contributed by atoms with van der Waals surface area (Å²) in [7, 11) is -3.70. The second kappa shape index (κ2) is 8.33. The van der Waals surface area contributed by atoms with E-state index in [0.717, 1.165) is 16.5 Å². The van der Waals surface area contributed by atoms with Crippen molar-refractivity contribution in [2.75, 3.05) is 0 Å². The Kier molecular flexibility index (Phi) is 5.44. The zero-order chi connectivity index (χ0) is 21.0. The molecule has 0 bridgehead atoms. The van der Waals surface area contributed by atoms with Crippen LogP contribution in [-0.4, -0.2) is 13.4 Å². The second-order valence-electron chi connectivity index (χ2n) is 6.52. The number of nitrogens with zero attached hydrogens (tertiary/aromatic N) is 2. The Labute approximate surface area is 174 Å². The van der Waals surface area contributed by atoms with Crippen LogP contribution >= 0.6 is 0 Å². The third kappa shape index (κ3) is 4.30. The highest BCUT2D eigenvalue weighted by molar-refractivity contribution is 7.89. The molecule has 0 radical (unpaired) electrons. The van der Waals surface area contributed by atoms with Gasteiger partial charge in [-0.15, -0.1) is 0 Å². The number of nitriles is 1. The summed E-state index contributed by atoms with van der Waals surface area (Å²) in [6.07, 6.45) is 1.67. The van der Waals surface area contributed by atoms with Crippen molar-refractivity contribution in [3.8, 4) is 17.6 Å². The van der Waals surface area contributed by atoms with Gasteiger partial charge >= 0.3 is 0 Å². The number of para-hydroxylation sites is 1. The predicted octanol–water partition coefficient (Wildman–Crippen LogP) is 4.38. The summed E-state index contributed by atoms with van der Waals surface area (Å²) in [6.45, 7) is 0.157. The van der Waals surface area contributed by atoms with E-state index >= 15 is 0 Å². The van der Waals surface area contributed by atoms with Crippen LogP contribution in [0.2, 0.25) is 0 Å². The van der Waals surface area contributed by atoms with Crippen LogP contribution < -0.4 is 9.46 Å². The highest BCUT2D eigenvalue weighted by Crippen LogP contribution is 2.24. The van der Waals surface area contributed by atoms with Crippen LogP contribution in [0.3, 0.4) is 0 Å². The number of aromatic nitrogens is 1. The normalized spacial score (nSPS) is 11.2. The molecule has 0 spiro atoms. The van der Waals surface area contributed by atoms with Crippen molar-refractivity contribution in [3.63, 3.8) is 0 Å². The summed E-state index contributed by atoms with van der Waals surface area (Å²) >= 11 is 0. The Hall–Kier alpha value is -3.73. The molecule has 148 valence electrons. The number of benzene rings is 3. The monoisotopic (exact) mass is 415 g/mol. The van der Waals surface area contributed by atoms with Gasteiger partial charge in [0, 0.05) is 18.1 Å². The minimum atomic E-state index is -3.70. The van der Waals surface area contributed by atoms with Gasteiger partial charge in [-0.3, -0.25) is 4.98 Å². The van der Waals surface area contributed by atoms with E-state index in [2.05, 4.69) is 9.71 Å². The van der Waals surface area contributed by atoms with Gasteiger partial charge in [-0.1, -0.05) is 24.3 Å². The molecule has 0 unspecified atom stereocenters. The molecule has 3 aromatic carbocycles. The molecule has 1 N–H and O–H groups in total. The fraction of sp³-hybridized carbons (Fsp3) is 0.0435. The van der Waals surface area contributed by atoms with E-state index in [1.807, 2.05) is 30.3 Å². The molecule has 0 amide bonds. The first-order valence-electron chi connectivity index (χ1n) is 9.15. The molecule has 6 nitrogen and oxygen atoms in total. The minimum absolute atomic E-state index is 0.138. The molecule has 0 aliphatic heterocycles. The lowest BCUT2D eigenvalue weighted by molar-refractivity contribution is 0.482. The lowest BCUT2D eigenvalue weighted by atomic mass is 10.1. The molecule has 7 heteroatoms. The molecule has 0 saturated carbocycles. The maximum absolute atomic E-state index is 12.7. The highest BCUT2D eigenvalue weighted by atomic mass is 32.2. The average molecular weight is 415 g/mol. The zero-order valence-electron chi connectivity index (χ0n) is 15.8. The number of ether oxygens (including phenoxy) is 1. The third-order valence-corrected chi connectivity index (χ3v) is 5.94. The van der Waals surface area contributed by atoms with Crippen molar-refractivity contribution in [2.24, 2.45) is 0 Å². The van der Waals surface area contributed by atoms with Crippen LogP contribution in [0.15, 0.2) is 90.0 Å². The first-order chi connectivity index (χ1) is 14.5. The Morgan fingerprint density at radius 2 is 1.73 bits per heavy atom. The van der Waals surface area contributed by atoms with Gasteiger partial charge < -0.3 is 4.74 Å². The van der Waals surface area contributed by atoms with Crippen LogP contribution in [0.5, 0.6) is 11.5 Å². The van der Waals surface area contributed by atoms with Gasteiger partial charge in [-0.05, 0) is 60.2 Å². The van der Waals surface area contributed by atoms with Crippen LogP contribution in [0.4, 0.5) is 0 Å². The number of sulfonamides is 1. The van der Waals surface area contributed by atoms with Gasteiger partial charge in [0.2, 0.25) is 10.0 Å². The summed E-state index contributed by atoms with van der Waals surface area (Å²) in [5.74, 6) is 0.983. The van der Waals surface area contributed by atoms with Crippen molar-refractivity contribution in [1.82, 2.24) is 9.71 Å². The van der Waals surface area contributed by atoms with Crippen LogP contribution in [0.25, 0.3) is 10.9 Å². The fourth-order valence-electron chi connectivity index (χ4n) is 3.02. The lowest BCUT2D eigenvalue weighted by Gasteiger charge is -2.10. The zero-order valence-corrected chi connectivity index (χ0v) is 16.6. The van der Waals surface area contributed by atoms with Crippen LogP contribution in [-0.2, 0) is 16.6 Å². The summed E-state index contributed by atoms with van der Waals surface area (Å²) < 4.78 is 33.7. The molecule has 1 aromatic heterocycles. The third-order valence-electron chi connectivity index (χ3n) is 4.52. The van der Waals surface area contributed by atoms with E-state index in [-0.39, 0.29) is 11.4 Å². The van der Waals surface area contributed by atoms with Gasteiger partial charge in [0.1, 0.15) is 11.5 Å². The maximum Gasteiger partial charge on any atom is 0.240 e. The number of nitrogens with one attached hydrogen (secondary N) is 1. The average Bonchev–Trinajstić information content (AvgIpc) is 2.78. The van der Waals surface area contributed by atoms with Gasteiger partial charge in [0.25, 0.3) is 0 Å². The molecule has 4 rings (SSSR count). The van der Waals surface area contributed by atoms with Crippen molar-refractivity contribution >= 4 is 20.9 Å². The van der Waals surface area contributed by atoms with E-state index in [9.17, 15) is 8.42 Å². The molecule has 0 aliphatic rings. The largest absolute Gasteiger partial charge is 0.457 e. The highest BCUT2D eigenvalue weighted by Gasteiger charge is 2.15. The second-order valence-corrected chi connectivity index (χ2v) is 8.29. The molecule has 1 heterocycles. The molecule has 0 saturated heterocycles. The SMILES string of the molecule is N#Cc1cccc(Oc2ccc(S(=O)(=O)NCc3ccnc4ccccc34)cc2)c1. The summed E-state index contributed by atoms with van der Waals surface area (Å²) in [6, 6.07) is 24.3. The number of fused-ring (bicyclic) bond motifs is 1. The summed E-state index contributed by atoms with van der Waals surface area (Å²) in [5, 5.41) is 9.87. The Morgan fingerprint density at radius 1 is 0.933 bits per heavy atom. The molecular weight excluding hydrogens is 398 g/mol. The fourth-order valence-corrected chi connectivity index (χ4v) is 4.02. The maximum atomic E-state index is 12.7. The molecule has 30 heavy (non-hydrogen) atoms. The Bertz CT molecular complexity index is 1340. The Morgan fingerprint density at radius 3 is 2.53 bits per heavy atom. The van der Waals surface area contributed by atoms with Crippen molar-refractivity contribution < 1.29 is 13.2 Å². The smallest absolute Gasteiger partial charge is 0.240 e. The topological polar surface area (TPSA) is 92.1 Å². The van der Waals surface area contributed by atoms with Crippen LogP contribution in [0.1, 0.15) is 11.1 Å². The van der Waals surface area contributed by atoms with E-state index < -0.39 is 10.0 Å². The first-order valence-corrected chi connectivity index (χ1v) is 10.6. The number of pyridine rings is 1. The molecule has 4 aromatic rings. The molecule has 0 atom stereocenters. The van der Waals surface area contributed by atoms with Crippen molar-refractivity contribution in [1.29, 1.82) is 5.26 Å². The standard InChI is InChI=1S/C23H17N3O3S/c24-15-17-4-3-5-20(14-17)29-19-8-10-21(11-9-19)30(27,28)26-16-18-12-13-25-23-7-2-1-6-22(18)23/h1-14,26H,16H2. The quantitative estimate of drug-likeness (QED) is 0.505. The predicted molar refractivity (Wildman–Crippen MR) is 113 cm³/mol. The van der Waals surface area contributed by atoms with Gasteiger partial charge in [-0.2, -0.15) is 5.26 Å². The summed E-state index contributed by atoms with van der Waals surface area (Å²) in [4.78, 5) is 4.43. The van der Waals surface area contributed by atoms with E-state index in [4.69, 9.17) is 10.00 Å². The molecule has 0 aliphatic carbocycles. The van der Waals surface area contributed by atoms with Crippen molar-refractivity contribution in [2.45, 2.75) is 11.4 Å². The van der Waals surface area contributed by atoms with Gasteiger partial charge in [-0.25, -0.2) is 13.1 Å². The van der Waals surface area contributed by atoms with E-state index in [1.54, 1.807) is 48.7 Å². The van der Waals surface area contributed by atoms with Gasteiger partial charge in [0.15, 0.2) is 0 Å². The molecule has 0 fully saturated rings.